The highest BCUT2D eigenvalue weighted by Gasteiger charge is 2.21. The van der Waals surface area contributed by atoms with E-state index in [0.717, 1.165) is 31.5 Å². The first-order valence-corrected chi connectivity index (χ1v) is 7.63. The van der Waals surface area contributed by atoms with Crippen LogP contribution in [-0.4, -0.2) is 30.8 Å². The van der Waals surface area contributed by atoms with Gasteiger partial charge in [0.05, 0.1) is 16.8 Å². The highest BCUT2D eigenvalue weighted by atomic mass is 32.1. The summed E-state index contributed by atoms with van der Waals surface area (Å²) in [6.45, 7) is 9.62. The Hall–Kier alpha value is -0.450. The van der Waals surface area contributed by atoms with E-state index in [4.69, 9.17) is 4.74 Å². The Balaban J connectivity index is 2.70. The van der Waals surface area contributed by atoms with Crippen molar-refractivity contribution >= 4 is 11.3 Å². The second-order valence-corrected chi connectivity index (χ2v) is 5.98. The maximum atomic E-state index is 5.58. The van der Waals surface area contributed by atoms with Crippen LogP contribution in [0.15, 0.2) is 0 Å². The van der Waals surface area contributed by atoms with E-state index < -0.39 is 0 Å². The summed E-state index contributed by atoms with van der Waals surface area (Å²) in [4.78, 5) is 5.96. The molecule has 0 saturated carbocycles. The number of aryl methyl sites for hydroxylation is 2. The maximum Gasteiger partial charge on any atom is 0.0947 e. The number of hydrogen-bond donors (Lipinski definition) is 1. The van der Waals surface area contributed by atoms with Crippen LogP contribution in [0.2, 0.25) is 0 Å². The molecule has 0 bridgehead atoms. The van der Waals surface area contributed by atoms with Gasteiger partial charge in [0.25, 0.3) is 0 Å². The van der Waals surface area contributed by atoms with Gasteiger partial charge in [0.1, 0.15) is 0 Å². The van der Waals surface area contributed by atoms with Crippen LogP contribution in [0.25, 0.3) is 0 Å². The van der Waals surface area contributed by atoms with Gasteiger partial charge in [-0.05, 0) is 33.2 Å². The van der Waals surface area contributed by atoms with Crippen molar-refractivity contribution in [3.8, 4) is 0 Å². The van der Waals surface area contributed by atoms with Gasteiger partial charge in [-0.1, -0.05) is 13.8 Å². The molecule has 0 aliphatic heterocycles. The molecule has 0 saturated heterocycles. The van der Waals surface area contributed by atoms with Crippen LogP contribution in [0.1, 0.15) is 42.3 Å². The smallest absolute Gasteiger partial charge is 0.0947 e. The van der Waals surface area contributed by atoms with Crippen molar-refractivity contribution in [2.24, 2.45) is 0 Å². The lowest BCUT2D eigenvalue weighted by molar-refractivity contribution is 0.0653. The summed E-state index contributed by atoms with van der Waals surface area (Å²) in [6, 6.07) is 0.366. The standard InChI is InChI=1S/C14H26N2OS/c1-6-8-15-12(13(7-2)17-5)9-14-16-10(3)11(4)18-14/h12-13,15H,6-9H2,1-5H3. The number of aromatic nitrogens is 1. The zero-order chi connectivity index (χ0) is 13.5. The van der Waals surface area contributed by atoms with E-state index in [9.17, 15) is 0 Å². The number of methoxy groups -OCH3 is 1. The molecule has 0 fully saturated rings. The molecule has 1 aromatic heterocycles. The number of nitrogens with zero attached hydrogens (tertiary/aromatic N) is 1. The molecule has 2 unspecified atom stereocenters. The third kappa shape index (κ3) is 4.34. The van der Waals surface area contributed by atoms with Crippen LogP contribution in [0, 0.1) is 13.8 Å². The number of thiazole rings is 1. The molecule has 1 aromatic rings. The second kappa shape index (κ2) is 7.87. The maximum absolute atomic E-state index is 5.58. The summed E-state index contributed by atoms with van der Waals surface area (Å²) in [6.07, 6.45) is 3.40. The molecule has 18 heavy (non-hydrogen) atoms. The van der Waals surface area contributed by atoms with Crippen molar-refractivity contribution in [1.82, 2.24) is 10.3 Å². The summed E-state index contributed by atoms with van der Waals surface area (Å²) in [7, 11) is 1.80. The van der Waals surface area contributed by atoms with E-state index in [0.29, 0.717) is 6.04 Å². The minimum atomic E-state index is 0.265. The first-order valence-electron chi connectivity index (χ1n) is 6.81. The molecule has 0 aliphatic carbocycles. The summed E-state index contributed by atoms with van der Waals surface area (Å²) >= 11 is 1.81. The fourth-order valence-corrected chi connectivity index (χ4v) is 3.09. The van der Waals surface area contributed by atoms with E-state index in [1.165, 1.54) is 9.88 Å². The lowest BCUT2D eigenvalue weighted by Crippen LogP contribution is -2.42. The Labute approximate surface area is 115 Å². The van der Waals surface area contributed by atoms with Gasteiger partial charge in [0, 0.05) is 24.4 Å². The minimum Gasteiger partial charge on any atom is -0.380 e. The highest BCUT2D eigenvalue weighted by Crippen LogP contribution is 2.19. The van der Waals surface area contributed by atoms with E-state index in [1.807, 2.05) is 11.3 Å². The molecular weight excluding hydrogens is 244 g/mol. The van der Waals surface area contributed by atoms with Gasteiger partial charge >= 0.3 is 0 Å². The Morgan fingerprint density at radius 1 is 1.33 bits per heavy atom. The van der Waals surface area contributed by atoms with Gasteiger partial charge in [-0.2, -0.15) is 0 Å². The van der Waals surface area contributed by atoms with E-state index >= 15 is 0 Å². The van der Waals surface area contributed by atoms with Crippen molar-refractivity contribution in [3.05, 3.63) is 15.6 Å². The Morgan fingerprint density at radius 3 is 2.50 bits per heavy atom. The third-order valence-corrected chi connectivity index (χ3v) is 4.37. The third-order valence-electron chi connectivity index (χ3n) is 3.28. The molecule has 0 aromatic carbocycles. The zero-order valence-corrected chi connectivity index (χ0v) is 13.1. The van der Waals surface area contributed by atoms with Crippen molar-refractivity contribution in [2.45, 2.75) is 59.1 Å². The van der Waals surface area contributed by atoms with Gasteiger partial charge in [0.2, 0.25) is 0 Å². The molecule has 1 N–H and O–H groups in total. The first kappa shape index (κ1) is 15.6. The molecule has 104 valence electrons. The lowest BCUT2D eigenvalue weighted by Gasteiger charge is -2.25. The topological polar surface area (TPSA) is 34.2 Å². The van der Waals surface area contributed by atoms with Crippen LogP contribution in [0.5, 0.6) is 0 Å². The molecule has 2 atom stereocenters. The lowest BCUT2D eigenvalue weighted by atomic mass is 10.1. The fourth-order valence-electron chi connectivity index (χ4n) is 2.09. The molecule has 0 radical (unpaired) electrons. The van der Waals surface area contributed by atoms with Crippen molar-refractivity contribution in [2.75, 3.05) is 13.7 Å². The molecule has 3 nitrogen and oxygen atoms in total. The fraction of sp³-hybridized carbons (Fsp3) is 0.786. The van der Waals surface area contributed by atoms with Gasteiger partial charge in [-0.15, -0.1) is 11.3 Å². The van der Waals surface area contributed by atoms with Crippen molar-refractivity contribution < 1.29 is 4.74 Å². The van der Waals surface area contributed by atoms with E-state index in [-0.39, 0.29) is 6.10 Å². The van der Waals surface area contributed by atoms with Gasteiger partial charge in [-0.25, -0.2) is 4.98 Å². The average Bonchev–Trinajstić information content (AvgIpc) is 2.66. The number of ether oxygens (including phenoxy) is 1. The first-order chi connectivity index (χ1) is 8.62. The summed E-state index contributed by atoms with van der Waals surface area (Å²) in [5.41, 5.74) is 1.16. The molecule has 0 spiro atoms. The molecule has 1 heterocycles. The van der Waals surface area contributed by atoms with Gasteiger partial charge < -0.3 is 10.1 Å². The van der Waals surface area contributed by atoms with Crippen LogP contribution < -0.4 is 5.32 Å². The summed E-state index contributed by atoms with van der Waals surface area (Å²) in [5, 5.41) is 4.81. The van der Waals surface area contributed by atoms with E-state index in [1.54, 1.807) is 7.11 Å². The monoisotopic (exact) mass is 270 g/mol. The van der Waals surface area contributed by atoms with Crippen molar-refractivity contribution in [1.29, 1.82) is 0 Å². The number of nitrogens with one attached hydrogen (secondary N) is 1. The molecule has 4 heteroatoms. The summed E-state index contributed by atoms with van der Waals surface area (Å²) in [5.74, 6) is 0. The zero-order valence-electron chi connectivity index (χ0n) is 12.2. The quantitative estimate of drug-likeness (QED) is 0.788. The SMILES string of the molecule is CCCNC(Cc1nc(C)c(C)s1)C(CC)OC. The Bertz CT molecular complexity index is 328. The minimum absolute atomic E-state index is 0.265. The number of rotatable bonds is 8. The normalized spacial score (nSPS) is 14.7. The highest BCUT2D eigenvalue weighted by molar-refractivity contribution is 7.11. The molecule has 0 aliphatic rings. The van der Waals surface area contributed by atoms with Crippen LogP contribution in [0.4, 0.5) is 0 Å². The predicted octanol–water partition coefficient (Wildman–Crippen LogP) is 3.10. The van der Waals surface area contributed by atoms with E-state index in [2.05, 4.69) is 38.0 Å². The van der Waals surface area contributed by atoms with Crippen molar-refractivity contribution in [3.63, 3.8) is 0 Å². The number of hydrogen-bond acceptors (Lipinski definition) is 4. The predicted molar refractivity (Wildman–Crippen MR) is 78.5 cm³/mol. The Morgan fingerprint density at radius 2 is 2.06 bits per heavy atom. The molecule has 1 rings (SSSR count). The average molecular weight is 270 g/mol. The van der Waals surface area contributed by atoms with Gasteiger partial charge in [0.15, 0.2) is 0 Å². The van der Waals surface area contributed by atoms with Crippen LogP contribution in [0.3, 0.4) is 0 Å². The Kier molecular flexibility index (Phi) is 6.82. The largest absolute Gasteiger partial charge is 0.380 e. The second-order valence-electron chi connectivity index (χ2n) is 4.70. The van der Waals surface area contributed by atoms with Gasteiger partial charge in [-0.3, -0.25) is 0 Å². The molecule has 0 amide bonds. The summed E-state index contributed by atoms with van der Waals surface area (Å²) < 4.78 is 5.58. The van der Waals surface area contributed by atoms with Crippen LogP contribution >= 0.6 is 11.3 Å². The van der Waals surface area contributed by atoms with Crippen LogP contribution in [-0.2, 0) is 11.2 Å². The molecular formula is C14H26N2OS.